The molecule has 0 unspecified atom stereocenters. The maximum atomic E-state index is 5.34. The van der Waals surface area contributed by atoms with Gasteiger partial charge in [0.2, 0.25) is 5.95 Å². The lowest BCUT2D eigenvalue weighted by molar-refractivity contribution is 0.147. The van der Waals surface area contributed by atoms with Crippen LogP contribution in [0.15, 0.2) is 34.9 Å². The molecule has 0 aliphatic rings. The average Bonchev–Trinajstić information content (AvgIpc) is 2.78. The van der Waals surface area contributed by atoms with Crippen molar-refractivity contribution in [3.05, 3.63) is 46.2 Å². The standard InChI is InChI=1S/C16H22BrN3O/c1-3-21-9-5-8-18-16-19-13(2)11-20(16)12-14-6-4-7-15(17)10-14/h4,6-7,10-11H,3,5,8-9,12H2,1-2H3,(H,18,19). The zero-order valence-electron chi connectivity index (χ0n) is 12.6. The molecule has 1 aromatic carbocycles. The second-order valence-electron chi connectivity index (χ2n) is 4.94. The van der Waals surface area contributed by atoms with E-state index in [0.29, 0.717) is 0 Å². The van der Waals surface area contributed by atoms with E-state index >= 15 is 0 Å². The van der Waals surface area contributed by atoms with Gasteiger partial charge in [0.15, 0.2) is 0 Å². The van der Waals surface area contributed by atoms with Crippen LogP contribution in [0.4, 0.5) is 5.95 Å². The molecule has 0 aliphatic carbocycles. The first-order chi connectivity index (χ1) is 10.2. The number of halogens is 1. The van der Waals surface area contributed by atoms with Crippen LogP contribution < -0.4 is 5.32 Å². The van der Waals surface area contributed by atoms with E-state index in [1.165, 1.54) is 5.56 Å². The zero-order valence-corrected chi connectivity index (χ0v) is 14.2. The van der Waals surface area contributed by atoms with Crippen LogP contribution >= 0.6 is 15.9 Å². The Bertz CT molecular complexity index is 568. The number of rotatable bonds is 8. The second kappa shape index (κ2) is 8.20. The normalized spacial score (nSPS) is 10.8. The molecule has 2 aromatic rings. The molecule has 21 heavy (non-hydrogen) atoms. The molecule has 0 radical (unpaired) electrons. The van der Waals surface area contributed by atoms with Crippen LogP contribution in [0.5, 0.6) is 0 Å². The molecule has 0 amide bonds. The van der Waals surface area contributed by atoms with Crippen LogP contribution in [-0.4, -0.2) is 29.3 Å². The molecule has 5 heteroatoms. The number of anilines is 1. The number of ether oxygens (including phenoxy) is 1. The highest BCUT2D eigenvalue weighted by Crippen LogP contribution is 2.16. The topological polar surface area (TPSA) is 39.1 Å². The summed E-state index contributed by atoms with van der Waals surface area (Å²) in [5, 5.41) is 3.39. The quantitative estimate of drug-likeness (QED) is 0.734. The SMILES string of the molecule is CCOCCCNc1nc(C)cn1Cc1cccc(Br)c1. The average molecular weight is 352 g/mol. The molecule has 4 nitrogen and oxygen atoms in total. The molecule has 0 bridgehead atoms. The van der Waals surface area contributed by atoms with Crippen LogP contribution in [0.1, 0.15) is 24.6 Å². The van der Waals surface area contributed by atoms with Gasteiger partial charge in [-0.15, -0.1) is 0 Å². The van der Waals surface area contributed by atoms with Crippen molar-refractivity contribution in [1.29, 1.82) is 0 Å². The molecule has 0 spiro atoms. The predicted molar refractivity (Wildman–Crippen MR) is 89.8 cm³/mol. The van der Waals surface area contributed by atoms with Crippen LogP contribution in [-0.2, 0) is 11.3 Å². The molecule has 1 heterocycles. The summed E-state index contributed by atoms with van der Waals surface area (Å²) in [5.41, 5.74) is 2.27. The Kier molecular flexibility index (Phi) is 6.26. The summed E-state index contributed by atoms with van der Waals surface area (Å²) in [6.45, 7) is 7.28. The second-order valence-corrected chi connectivity index (χ2v) is 5.86. The lowest BCUT2D eigenvalue weighted by atomic mass is 10.2. The van der Waals surface area contributed by atoms with Gasteiger partial charge in [-0.05, 0) is 38.0 Å². The van der Waals surface area contributed by atoms with Crippen molar-refractivity contribution < 1.29 is 4.74 Å². The molecular formula is C16H22BrN3O. The summed E-state index contributed by atoms with van der Waals surface area (Å²) >= 11 is 3.51. The fraction of sp³-hybridized carbons (Fsp3) is 0.438. The molecule has 1 aromatic heterocycles. The summed E-state index contributed by atoms with van der Waals surface area (Å²) < 4.78 is 8.59. The van der Waals surface area contributed by atoms with E-state index in [1.807, 2.05) is 19.9 Å². The zero-order chi connectivity index (χ0) is 15.1. The van der Waals surface area contributed by atoms with E-state index in [4.69, 9.17) is 4.74 Å². The largest absolute Gasteiger partial charge is 0.382 e. The Morgan fingerprint density at radius 3 is 3.00 bits per heavy atom. The molecule has 1 N–H and O–H groups in total. The molecule has 0 saturated heterocycles. The van der Waals surface area contributed by atoms with Gasteiger partial charge in [0, 0.05) is 30.4 Å². The predicted octanol–water partition coefficient (Wildman–Crippen LogP) is 3.84. The van der Waals surface area contributed by atoms with E-state index in [-0.39, 0.29) is 0 Å². The highest BCUT2D eigenvalue weighted by molar-refractivity contribution is 9.10. The fourth-order valence-corrected chi connectivity index (χ4v) is 2.61. The van der Waals surface area contributed by atoms with E-state index in [0.717, 1.165) is 48.8 Å². The molecule has 0 atom stereocenters. The first-order valence-corrected chi connectivity index (χ1v) is 8.08. The Labute approximate surface area is 134 Å². The maximum absolute atomic E-state index is 5.34. The van der Waals surface area contributed by atoms with Gasteiger partial charge in [0.1, 0.15) is 0 Å². The molecular weight excluding hydrogens is 330 g/mol. The third-order valence-corrected chi connectivity index (χ3v) is 3.58. The van der Waals surface area contributed by atoms with Gasteiger partial charge in [-0.2, -0.15) is 0 Å². The van der Waals surface area contributed by atoms with Crippen molar-refractivity contribution >= 4 is 21.9 Å². The Morgan fingerprint density at radius 1 is 1.38 bits per heavy atom. The summed E-state index contributed by atoms with van der Waals surface area (Å²) in [7, 11) is 0. The molecule has 0 saturated carbocycles. The first-order valence-electron chi connectivity index (χ1n) is 7.29. The summed E-state index contributed by atoms with van der Waals surface area (Å²) in [6.07, 6.45) is 3.06. The Morgan fingerprint density at radius 2 is 2.24 bits per heavy atom. The minimum atomic E-state index is 0.774. The third kappa shape index (κ3) is 5.17. The van der Waals surface area contributed by atoms with Gasteiger partial charge in [-0.3, -0.25) is 0 Å². The van der Waals surface area contributed by atoms with Gasteiger partial charge >= 0.3 is 0 Å². The number of aryl methyl sites for hydroxylation is 1. The molecule has 0 fully saturated rings. The van der Waals surface area contributed by atoms with Gasteiger partial charge in [-0.25, -0.2) is 4.98 Å². The van der Waals surface area contributed by atoms with Crippen molar-refractivity contribution in [2.24, 2.45) is 0 Å². The lowest BCUT2D eigenvalue weighted by Crippen LogP contribution is -2.11. The first kappa shape index (κ1) is 16.0. The minimum absolute atomic E-state index is 0.774. The van der Waals surface area contributed by atoms with Gasteiger partial charge < -0.3 is 14.6 Å². The Balaban J connectivity index is 1.96. The molecule has 2 rings (SSSR count). The highest BCUT2D eigenvalue weighted by atomic mass is 79.9. The summed E-state index contributed by atoms with van der Waals surface area (Å²) in [5.74, 6) is 0.920. The smallest absolute Gasteiger partial charge is 0.203 e. The van der Waals surface area contributed by atoms with E-state index < -0.39 is 0 Å². The van der Waals surface area contributed by atoms with Crippen LogP contribution in [0.25, 0.3) is 0 Å². The number of benzene rings is 1. The van der Waals surface area contributed by atoms with E-state index in [1.54, 1.807) is 0 Å². The number of nitrogens with zero attached hydrogens (tertiary/aromatic N) is 2. The molecule has 0 aliphatic heterocycles. The van der Waals surface area contributed by atoms with E-state index in [2.05, 4.69) is 55.2 Å². The van der Waals surface area contributed by atoms with Crippen molar-refractivity contribution in [3.63, 3.8) is 0 Å². The van der Waals surface area contributed by atoms with Crippen molar-refractivity contribution in [3.8, 4) is 0 Å². The number of nitrogens with one attached hydrogen (secondary N) is 1. The van der Waals surface area contributed by atoms with Crippen molar-refractivity contribution in [2.75, 3.05) is 25.1 Å². The number of hydrogen-bond acceptors (Lipinski definition) is 3. The van der Waals surface area contributed by atoms with Gasteiger partial charge in [0.05, 0.1) is 12.2 Å². The van der Waals surface area contributed by atoms with Crippen molar-refractivity contribution in [1.82, 2.24) is 9.55 Å². The van der Waals surface area contributed by atoms with Crippen molar-refractivity contribution in [2.45, 2.75) is 26.8 Å². The van der Waals surface area contributed by atoms with Gasteiger partial charge in [-0.1, -0.05) is 28.1 Å². The lowest BCUT2D eigenvalue weighted by Gasteiger charge is -2.10. The maximum Gasteiger partial charge on any atom is 0.203 e. The monoisotopic (exact) mass is 351 g/mol. The van der Waals surface area contributed by atoms with Crippen LogP contribution in [0.3, 0.4) is 0 Å². The van der Waals surface area contributed by atoms with Gasteiger partial charge in [0.25, 0.3) is 0 Å². The summed E-state index contributed by atoms with van der Waals surface area (Å²) in [4.78, 5) is 4.55. The number of imidazole rings is 1. The number of aromatic nitrogens is 2. The minimum Gasteiger partial charge on any atom is -0.382 e. The fourth-order valence-electron chi connectivity index (χ4n) is 2.16. The third-order valence-electron chi connectivity index (χ3n) is 3.09. The Hall–Kier alpha value is -1.33. The molecule has 114 valence electrons. The highest BCUT2D eigenvalue weighted by Gasteiger charge is 2.06. The number of hydrogen-bond donors (Lipinski definition) is 1. The van der Waals surface area contributed by atoms with E-state index in [9.17, 15) is 0 Å². The van der Waals surface area contributed by atoms with Crippen LogP contribution in [0.2, 0.25) is 0 Å². The van der Waals surface area contributed by atoms with Crippen LogP contribution in [0, 0.1) is 6.92 Å². The summed E-state index contributed by atoms with van der Waals surface area (Å²) in [6, 6.07) is 8.35.